The van der Waals surface area contributed by atoms with Crippen molar-refractivity contribution in [2.24, 2.45) is 5.84 Å². The average Bonchev–Trinajstić information content (AvgIpc) is 1.89. The Morgan fingerprint density at radius 3 is 2.55 bits per heavy atom. The summed E-state index contributed by atoms with van der Waals surface area (Å²) in [5.41, 5.74) is 2.11. The lowest BCUT2D eigenvalue weighted by atomic mass is 10.0. The molecule has 0 aromatic heterocycles. The highest BCUT2D eigenvalue weighted by Crippen LogP contribution is 2.13. The van der Waals surface area contributed by atoms with Gasteiger partial charge in [-0.15, -0.1) is 6.42 Å². The molecule has 0 heterocycles. The van der Waals surface area contributed by atoms with Crippen LogP contribution >= 0.6 is 0 Å². The van der Waals surface area contributed by atoms with Crippen molar-refractivity contribution in [2.75, 3.05) is 6.61 Å². The highest BCUT2D eigenvalue weighted by molar-refractivity contribution is 5.06. The van der Waals surface area contributed by atoms with Crippen LogP contribution < -0.4 is 11.3 Å². The van der Waals surface area contributed by atoms with Crippen LogP contribution in [0.1, 0.15) is 20.8 Å². The van der Waals surface area contributed by atoms with Crippen molar-refractivity contribution >= 4 is 0 Å². The first-order valence-electron chi connectivity index (χ1n) is 3.64. The minimum atomic E-state index is -0.405. The topological polar surface area (TPSA) is 47.3 Å². The summed E-state index contributed by atoms with van der Waals surface area (Å²) in [4.78, 5) is 0. The second-order valence-electron chi connectivity index (χ2n) is 2.80. The van der Waals surface area contributed by atoms with Crippen LogP contribution in [-0.2, 0) is 4.74 Å². The van der Waals surface area contributed by atoms with Crippen molar-refractivity contribution in [3.05, 3.63) is 0 Å². The van der Waals surface area contributed by atoms with E-state index in [0.29, 0.717) is 6.61 Å². The zero-order valence-electron chi connectivity index (χ0n) is 7.35. The fourth-order valence-corrected chi connectivity index (χ4v) is 0.905. The van der Waals surface area contributed by atoms with E-state index in [-0.39, 0.29) is 6.04 Å². The number of nitrogens with one attached hydrogen (secondary N) is 1. The third kappa shape index (κ3) is 2.89. The summed E-state index contributed by atoms with van der Waals surface area (Å²) in [5, 5.41) is 0. The molecule has 0 aromatic carbocycles. The maximum absolute atomic E-state index is 5.39. The van der Waals surface area contributed by atoms with E-state index in [0.717, 1.165) is 0 Å². The summed E-state index contributed by atoms with van der Waals surface area (Å²) in [7, 11) is 0. The van der Waals surface area contributed by atoms with Crippen LogP contribution in [0.3, 0.4) is 0 Å². The van der Waals surface area contributed by atoms with Gasteiger partial charge in [0.1, 0.15) is 6.04 Å². The normalized spacial score (nSPS) is 14.1. The van der Waals surface area contributed by atoms with E-state index in [4.69, 9.17) is 17.0 Å². The van der Waals surface area contributed by atoms with E-state index in [1.54, 1.807) is 0 Å². The Balaban J connectivity index is 4.15. The Bertz CT molecular complexity index is 149. The summed E-state index contributed by atoms with van der Waals surface area (Å²) in [6.07, 6.45) is 5.23. The summed E-state index contributed by atoms with van der Waals surface area (Å²) >= 11 is 0. The number of rotatable bonds is 4. The Morgan fingerprint density at radius 2 is 2.27 bits per heavy atom. The molecular formula is C8H16N2O. The minimum absolute atomic E-state index is 0.248. The predicted octanol–water partition coefficient (Wildman–Crippen LogP) is 0.267. The van der Waals surface area contributed by atoms with Crippen LogP contribution in [0.4, 0.5) is 0 Å². The molecule has 11 heavy (non-hydrogen) atoms. The molecule has 3 heteroatoms. The Kier molecular flexibility index (Phi) is 4.12. The summed E-state index contributed by atoms with van der Waals surface area (Å²) in [6, 6.07) is -0.248. The van der Waals surface area contributed by atoms with Gasteiger partial charge >= 0.3 is 0 Å². The summed E-state index contributed by atoms with van der Waals surface area (Å²) in [5.74, 6) is 7.74. The number of ether oxygens (including phenoxy) is 1. The molecule has 0 aromatic rings. The summed E-state index contributed by atoms with van der Waals surface area (Å²) < 4.78 is 5.39. The van der Waals surface area contributed by atoms with Gasteiger partial charge in [-0.3, -0.25) is 5.84 Å². The van der Waals surface area contributed by atoms with Gasteiger partial charge in [0.05, 0.1) is 5.60 Å². The molecular weight excluding hydrogens is 140 g/mol. The second-order valence-corrected chi connectivity index (χ2v) is 2.80. The van der Waals surface area contributed by atoms with Gasteiger partial charge in [-0.05, 0) is 20.8 Å². The van der Waals surface area contributed by atoms with Crippen LogP contribution in [0.5, 0.6) is 0 Å². The van der Waals surface area contributed by atoms with E-state index < -0.39 is 5.60 Å². The SMILES string of the molecule is C#CC(NN)C(C)(C)OCC. The van der Waals surface area contributed by atoms with Crippen LogP contribution in [0.25, 0.3) is 0 Å². The van der Waals surface area contributed by atoms with Gasteiger partial charge < -0.3 is 4.74 Å². The lowest BCUT2D eigenvalue weighted by Crippen LogP contribution is -2.50. The van der Waals surface area contributed by atoms with Gasteiger partial charge in [0.2, 0.25) is 0 Å². The lowest BCUT2D eigenvalue weighted by Gasteiger charge is -2.29. The van der Waals surface area contributed by atoms with Gasteiger partial charge in [-0.25, -0.2) is 5.43 Å². The fraction of sp³-hybridized carbons (Fsp3) is 0.750. The zero-order chi connectivity index (χ0) is 8.91. The first kappa shape index (κ1) is 10.4. The Labute approximate surface area is 68.3 Å². The number of terminal acetylenes is 1. The molecule has 1 unspecified atom stereocenters. The zero-order valence-corrected chi connectivity index (χ0v) is 7.35. The van der Waals surface area contributed by atoms with Crippen molar-refractivity contribution in [3.8, 4) is 12.3 Å². The van der Waals surface area contributed by atoms with Gasteiger partial charge in [0.25, 0.3) is 0 Å². The molecule has 3 nitrogen and oxygen atoms in total. The van der Waals surface area contributed by atoms with Gasteiger partial charge in [0.15, 0.2) is 0 Å². The predicted molar refractivity (Wildman–Crippen MR) is 45.6 cm³/mol. The number of hydrogen-bond acceptors (Lipinski definition) is 3. The van der Waals surface area contributed by atoms with E-state index in [1.807, 2.05) is 20.8 Å². The molecule has 0 spiro atoms. The van der Waals surface area contributed by atoms with Gasteiger partial charge in [-0.2, -0.15) is 0 Å². The second kappa shape index (κ2) is 4.35. The van der Waals surface area contributed by atoms with Crippen LogP contribution in [0.2, 0.25) is 0 Å². The molecule has 0 radical (unpaired) electrons. The number of hydrogen-bond donors (Lipinski definition) is 2. The fourth-order valence-electron chi connectivity index (χ4n) is 0.905. The van der Waals surface area contributed by atoms with Crippen LogP contribution in [0.15, 0.2) is 0 Å². The molecule has 0 saturated carbocycles. The van der Waals surface area contributed by atoms with Gasteiger partial charge in [-0.1, -0.05) is 5.92 Å². The van der Waals surface area contributed by atoms with Crippen LogP contribution in [-0.4, -0.2) is 18.2 Å². The number of hydrazine groups is 1. The maximum Gasteiger partial charge on any atom is 0.110 e. The average molecular weight is 156 g/mol. The monoisotopic (exact) mass is 156 g/mol. The third-order valence-corrected chi connectivity index (χ3v) is 1.54. The highest BCUT2D eigenvalue weighted by Gasteiger charge is 2.27. The van der Waals surface area contributed by atoms with E-state index >= 15 is 0 Å². The van der Waals surface area contributed by atoms with Crippen molar-refractivity contribution in [3.63, 3.8) is 0 Å². The standard InChI is InChI=1S/C8H16N2O/c1-5-7(10-9)8(3,4)11-6-2/h1,7,10H,6,9H2,2-4H3. The molecule has 0 saturated heterocycles. The minimum Gasteiger partial charge on any atom is -0.373 e. The number of nitrogens with two attached hydrogens (primary N) is 1. The molecule has 0 rings (SSSR count). The van der Waals surface area contributed by atoms with Crippen LogP contribution in [0, 0.1) is 12.3 Å². The van der Waals surface area contributed by atoms with E-state index in [1.165, 1.54) is 0 Å². The van der Waals surface area contributed by atoms with Crippen molar-refractivity contribution in [2.45, 2.75) is 32.4 Å². The van der Waals surface area contributed by atoms with Crippen molar-refractivity contribution in [1.82, 2.24) is 5.43 Å². The smallest absolute Gasteiger partial charge is 0.110 e. The molecule has 0 fully saturated rings. The molecule has 1 atom stereocenters. The third-order valence-electron chi connectivity index (χ3n) is 1.54. The highest BCUT2D eigenvalue weighted by atomic mass is 16.5. The van der Waals surface area contributed by atoms with E-state index in [2.05, 4.69) is 11.3 Å². The quantitative estimate of drug-likeness (QED) is 0.349. The maximum atomic E-state index is 5.39. The molecule has 0 aliphatic carbocycles. The molecule has 0 aliphatic rings. The van der Waals surface area contributed by atoms with Gasteiger partial charge in [0, 0.05) is 6.61 Å². The Hall–Kier alpha value is -0.560. The molecule has 0 amide bonds. The lowest BCUT2D eigenvalue weighted by molar-refractivity contribution is -0.0245. The van der Waals surface area contributed by atoms with Crippen molar-refractivity contribution in [1.29, 1.82) is 0 Å². The first-order chi connectivity index (χ1) is 5.08. The molecule has 3 N–H and O–H groups in total. The van der Waals surface area contributed by atoms with E-state index in [9.17, 15) is 0 Å². The largest absolute Gasteiger partial charge is 0.373 e. The Morgan fingerprint density at radius 1 is 1.73 bits per heavy atom. The summed E-state index contributed by atoms with van der Waals surface area (Å²) in [6.45, 7) is 6.36. The first-order valence-corrected chi connectivity index (χ1v) is 3.64. The van der Waals surface area contributed by atoms with Crippen molar-refractivity contribution < 1.29 is 4.74 Å². The molecule has 0 aliphatic heterocycles. The molecule has 0 bridgehead atoms. The molecule has 64 valence electrons.